The molecule has 2 aromatic rings. The molecule has 0 aliphatic carbocycles. The summed E-state index contributed by atoms with van der Waals surface area (Å²) in [7, 11) is 0. The summed E-state index contributed by atoms with van der Waals surface area (Å²) in [5, 5.41) is 5.73. The maximum absolute atomic E-state index is 12.7. The zero-order valence-corrected chi connectivity index (χ0v) is 15.6. The molecule has 0 radical (unpaired) electrons. The molecule has 1 aliphatic heterocycles. The van der Waals surface area contributed by atoms with E-state index >= 15 is 0 Å². The Balaban J connectivity index is 1.77. The summed E-state index contributed by atoms with van der Waals surface area (Å²) in [6, 6.07) is 10.8. The number of aromatic nitrogens is 1. The van der Waals surface area contributed by atoms with E-state index in [1.165, 1.54) is 12.3 Å². The molecule has 0 spiro atoms. The highest BCUT2D eigenvalue weighted by molar-refractivity contribution is 6.07. The number of nitrogens with zero attached hydrogens (tertiary/aromatic N) is 2. The molecule has 3 rings (SSSR count). The van der Waals surface area contributed by atoms with Gasteiger partial charge in [0.1, 0.15) is 5.69 Å². The van der Waals surface area contributed by atoms with E-state index in [1.54, 1.807) is 6.07 Å². The molecule has 7 heteroatoms. The molecule has 2 N–H and O–H groups in total. The third kappa shape index (κ3) is 4.83. The van der Waals surface area contributed by atoms with Crippen molar-refractivity contribution in [3.8, 4) is 0 Å². The van der Waals surface area contributed by atoms with Crippen LogP contribution in [0.25, 0.3) is 0 Å². The Bertz CT molecular complexity index is 816. The van der Waals surface area contributed by atoms with E-state index < -0.39 is 0 Å². The van der Waals surface area contributed by atoms with Crippen LogP contribution in [-0.2, 0) is 4.74 Å². The fourth-order valence-corrected chi connectivity index (χ4v) is 2.89. The first-order valence-corrected chi connectivity index (χ1v) is 9.04. The summed E-state index contributed by atoms with van der Waals surface area (Å²) in [5.74, 6) is -0.579. The summed E-state index contributed by atoms with van der Waals surface area (Å²) in [6.07, 6.45) is 1.47. The predicted molar refractivity (Wildman–Crippen MR) is 104 cm³/mol. The van der Waals surface area contributed by atoms with Crippen molar-refractivity contribution in [3.63, 3.8) is 0 Å². The van der Waals surface area contributed by atoms with Gasteiger partial charge < -0.3 is 20.3 Å². The van der Waals surface area contributed by atoms with Crippen molar-refractivity contribution in [2.24, 2.45) is 0 Å². The van der Waals surface area contributed by atoms with Crippen LogP contribution >= 0.6 is 0 Å². The third-order valence-corrected chi connectivity index (χ3v) is 4.18. The van der Waals surface area contributed by atoms with Gasteiger partial charge in [0.25, 0.3) is 11.8 Å². The molecule has 27 heavy (non-hydrogen) atoms. The van der Waals surface area contributed by atoms with Gasteiger partial charge in [0.15, 0.2) is 0 Å². The highest BCUT2D eigenvalue weighted by Gasteiger charge is 2.17. The number of para-hydroxylation sites is 2. The van der Waals surface area contributed by atoms with Gasteiger partial charge in [-0.05, 0) is 38.1 Å². The quantitative estimate of drug-likeness (QED) is 0.846. The van der Waals surface area contributed by atoms with Gasteiger partial charge in [0, 0.05) is 30.9 Å². The van der Waals surface area contributed by atoms with Crippen LogP contribution in [0.4, 0.5) is 11.4 Å². The lowest BCUT2D eigenvalue weighted by Crippen LogP contribution is -2.36. The highest BCUT2D eigenvalue weighted by atomic mass is 16.5. The number of rotatable bonds is 5. The van der Waals surface area contributed by atoms with Gasteiger partial charge in [0.05, 0.1) is 24.6 Å². The van der Waals surface area contributed by atoms with Crippen LogP contribution in [0, 0.1) is 0 Å². The Morgan fingerprint density at radius 3 is 2.59 bits per heavy atom. The van der Waals surface area contributed by atoms with Gasteiger partial charge in [-0.1, -0.05) is 12.1 Å². The monoisotopic (exact) mass is 368 g/mol. The van der Waals surface area contributed by atoms with Gasteiger partial charge in [-0.25, -0.2) is 0 Å². The first-order valence-electron chi connectivity index (χ1n) is 9.04. The molecule has 0 atom stereocenters. The topological polar surface area (TPSA) is 83.6 Å². The lowest BCUT2D eigenvalue weighted by Gasteiger charge is -2.30. The average Bonchev–Trinajstić information content (AvgIpc) is 2.68. The number of morpholine rings is 1. The number of carbonyl (C=O) groups is 2. The van der Waals surface area contributed by atoms with Crippen molar-refractivity contribution in [2.75, 3.05) is 36.5 Å². The van der Waals surface area contributed by atoms with Crippen molar-refractivity contribution in [1.29, 1.82) is 0 Å². The van der Waals surface area contributed by atoms with E-state index in [0.717, 1.165) is 24.5 Å². The molecule has 0 saturated carbocycles. The van der Waals surface area contributed by atoms with E-state index in [9.17, 15) is 9.59 Å². The van der Waals surface area contributed by atoms with E-state index in [-0.39, 0.29) is 23.6 Å². The van der Waals surface area contributed by atoms with Crippen LogP contribution in [0.5, 0.6) is 0 Å². The molecule has 1 aromatic heterocycles. The fourth-order valence-electron chi connectivity index (χ4n) is 2.89. The number of amides is 2. The SMILES string of the molecule is CC(C)NC(=O)c1cc(C(=O)Nc2ccccc2N2CCOCC2)ccn1. The highest BCUT2D eigenvalue weighted by Crippen LogP contribution is 2.26. The van der Waals surface area contributed by atoms with Crippen molar-refractivity contribution in [3.05, 3.63) is 53.9 Å². The van der Waals surface area contributed by atoms with Crippen LogP contribution in [0.2, 0.25) is 0 Å². The van der Waals surface area contributed by atoms with Crippen molar-refractivity contribution < 1.29 is 14.3 Å². The summed E-state index contributed by atoms with van der Waals surface area (Å²) in [6.45, 7) is 6.64. The van der Waals surface area contributed by atoms with Gasteiger partial charge in [-0.3, -0.25) is 14.6 Å². The minimum Gasteiger partial charge on any atom is -0.378 e. The van der Waals surface area contributed by atoms with Gasteiger partial charge in [0.2, 0.25) is 0 Å². The van der Waals surface area contributed by atoms with Crippen molar-refractivity contribution >= 4 is 23.2 Å². The number of pyridine rings is 1. The maximum Gasteiger partial charge on any atom is 0.270 e. The zero-order chi connectivity index (χ0) is 19.2. The van der Waals surface area contributed by atoms with Crippen LogP contribution in [0.1, 0.15) is 34.7 Å². The molecule has 1 aromatic carbocycles. The molecular formula is C20H24N4O3. The van der Waals surface area contributed by atoms with Crippen molar-refractivity contribution in [1.82, 2.24) is 10.3 Å². The lowest BCUT2D eigenvalue weighted by molar-refractivity contribution is 0.0938. The van der Waals surface area contributed by atoms with Crippen molar-refractivity contribution in [2.45, 2.75) is 19.9 Å². The number of hydrogen-bond donors (Lipinski definition) is 2. The molecular weight excluding hydrogens is 344 g/mol. The summed E-state index contributed by atoms with van der Waals surface area (Å²) >= 11 is 0. The number of nitrogens with one attached hydrogen (secondary N) is 2. The number of carbonyl (C=O) groups excluding carboxylic acids is 2. The number of hydrogen-bond acceptors (Lipinski definition) is 5. The van der Waals surface area contributed by atoms with Gasteiger partial charge >= 0.3 is 0 Å². The molecule has 2 amide bonds. The van der Waals surface area contributed by atoms with Gasteiger partial charge in [-0.2, -0.15) is 0 Å². The van der Waals surface area contributed by atoms with Gasteiger partial charge in [-0.15, -0.1) is 0 Å². The number of anilines is 2. The average molecular weight is 368 g/mol. The first kappa shape index (κ1) is 18.8. The second-order valence-corrected chi connectivity index (χ2v) is 6.63. The molecule has 142 valence electrons. The predicted octanol–water partition coefficient (Wildman–Crippen LogP) is 2.31. The second kappa shape index (κ2) is 8.64. The smallest absolute Gasteiger partial charge is 0.270 e. The number of ether oxygens (including phenoxy) is 1. The zero-order valence-electron chi connectivity index (χ0n) is 15.6. The largest absolute Gasteiger partial charge is 0.378 e. The Morgan fingerprint density at radius 1 is 1.11 bits per heavy atom. The van der Waals surface area contributed by atoms with E-state index in [1.807, 2.05) is 38.1 Å². The molecule has 0 unspecified atom stereocenters. The molecule has 1 fully saturated rings. The summed E-state index contributed by atoms with van der Waals surface area (Å²) < 4.78 is 5.40. The third-order valence-electron chi connectivity index (χ3n) is 4.18. The summed E-state index contributed by atoms with van der Waals surface area (Å²) in [5.41, 5.74) is 2.30. The number of benzene rings is 1. The fraction of sp³-hybridized carbons (Fsp3) is 0.350. The van der Waals surface area contributed by atoms with E-state index in [4.69, 9.17) is 4.74 Å². The maximum atomic E-state index is 12.7. The Labute approximate surface area is 158 Å². The van der Waals surface area contributed by atoms with E-state index in [2.05, 4.69) is 20.5 Å². The second-order valence-electron chi connectivity index (χ2n) is 6.63. The Kier molecular flexibility index (Phi) is 6.03. The molecule has 1 saturated heterocycles. The van der Waals surface area contributed by atoms with Crippen LogP contribution < -0.4 is 15.5 Å². The lowest BCUT2D eigenvalue weighted by atomic mass is 10.1. The van der Waals surface area contributed by atoms with Crippen LogP contribution in [0.3, 0.4) is 0 Å². The first-order chi connectivity index (χ1) is 13.0. The normalized spacial score (nSPS) is 14.1. The molecule has 1 aliphatic rings. The Morgan fingerprint density at radius 2 is 1.85 bits per heavy atom. The Hall–Kier alpha value is -2.93. The van der Waals surface area contributed by atoms with E-state index in [0.29, 0.717) is 18.8 Å². The minimum absolute atomic E-state index is 0.00261. The van der Waals surface area contributed by atoms with Crippen LogP contribution in [-0.4, -0.2) is 49.1 Å². The van der Waals surface area contributed by atoms with Crippen LogP contribution in [0.15, 0.2) is 42.6 Å². The summed E-state index contributed by atoms with van der Waals surface area (Å²) in [4.78, 5) is 31.1. The molecule has 0 bridgehead atoms. The molecule has 2 heterocycles. The minimum atomic E-state index is -0.298. The molecule has 7 nitrogen and oxygen atoms in total. The standard InChI is InChI=1S/C20H24N4O3/c1-14(2)22-20(26)17-13-15(7-8-21-17)19(25)23-16-5-3-4-6-18(16)24-9-11-27-12-10-24/h3-8,13-14H,9-12H2,1-2H3,(H,22,26)(H,23,25).